The smallest absolute Gasteiger partial charge is 0.287 e. The van der Waals surface area contributed by atoms with Crippen LogP contribution < -0.4 is 5.32 Å². The highest BCUT2D eigenvalue weighted by Crippen LogP contribution is 2.24. The first kappa shape index (κ1) is 17.0. The molecule has 1 aromatic carbocycles. The quantitative estimate of drug-likeness (QED) is 0.902. The van der Waals surface area contributed by atoms with E-state index in [0.29, 0.717) is 30.5 Å². The summed E-state index contributed by atoms with van der Waals surface area (Å²) in [6.45, 7) is 5.39. The Labute approximate surface area is 146 Å². The molecule has 128 valence electrons. The summed E-state index contributed by atoms with van der Waals surface area (Å²) in [5, 5.41) is 3.68. The highest BCUT2D eigenvalue weighted by molar-refractivity contribution is 6.30. The molecule has 1 fully saturated rings. The maximum absolute atomic E-state index is 12.3. The summed E-state index contributed by atoms with van der Waals surface area (Å²) in [4.78, 5) is 14.6. The number of nitrogens with one attached hydrogen (secondary N) is 1. The molecule has 0 saturated carbocycles. The summed E-state index contributed by atoms with van der Waals surface area (Å²) in [5.41, 5.74) is 1.92. The predicted octanol–water partition coefficient (Wildman–Crippen LogP) is 3.04. The molecule has 1 saturated heterocycles. The molecule has 1 aliphatic rings. The number of halogens is 1. The summed E-state index contributed by atoms with van der Waals surface area (Å²) in [7, 11) is 0. The molecule has 6 heteroatoms. The number of carbonyl (C=O) groups is 1. The number of nitrogens with zero attached hydrogens (tertiary/aromatic N) is 1. The van der Waals surface area contributed by atoms with Gasteiger partial charge in [-0.25, -0.2) is 0 Å². The van der Waals surface area contributed by atoms with Gasteiger partial charge in [-0.2, -0.15) is 0 Å². The van der Waals surface area contributed by atoms with E-state index in [1.54, 1.807) is 6.07 Å². The van der Waals surface area contributed by atoms with Gasteiger partial charge in [-0.1, -0.05) is 23.7 Å². The minimum atomic E-state index is -0.196. The van der Waals surface area contributed by atoms with E-state index < -0.39 is 0 Å². The van der Waals surface area contributed by atoms with Gasteiger partial charge in [-0.3, -0.25) is 9.69 Å². The molecule has 2 heterocycles. The Kier molecular flexibility index (Phi) is 5.56. The van der Waals surface area contributed by atoms with Gasteiger partial charge < -0.3 is 14.5 Å². The first-order chi connectivity index (χ1) is 11.6. The van der Waals surface area contributed by atoms with Crippen LogP contribution in [0.5, 0.6) is 0 Å². The lowest BCUT2D eigenvalue weighted by Gasteiger charge is -2.35. The first-order valence-electron chi connectivity index (χ1n) is 8.04. The van der Waals surface area contributed by atoms with Gasteiger partial charge >= 0.3 is 0 Å². The minimum Gasteiger partial charge on any atom is -0.459 e. The second-order valence-electron chi connectivity index (χ2n) is 5.86. The van der Waals surface area contributed by atoms with Crippen LogP contribution in [0.25, 0.3) is 0 Å². The standard InChI is InChI=1S/C18H21ClN2O3/c1-13-5-8-24-17(13)18(22)20-12-16(21-6-9-23-10-7-21)14-3-2-4-15(19)11-14/h2-5,8,11,16H,6-7,9-10,12H2,1H3,(H,20,22)/t16-/m0/s1. The summed E-state index contributed by atoms with van der Waals surface area (Å²) < 4.78 is 10.7. The van der Waals surface area contributed by atoms with Gasteiger partial charge in [0.15, 0.2) is 5.76 Å². The molecular weight excluding hydrogens is 328 g/mol. The number of aryl methyl sites for hydroxylation is 1. The van der Waals surface area contributed by atoms with Gasteiger partial charge in [-0.05, 0) is 30.7 Å². The third-order valence-corrected chi connectivity index (χ3v) is 4.48. The molecule has 0 bridgehead atoms. The third-order valence-electron chi connectivity index (χ3n) is 4.24. The average molecular weight is 349 g/mol. The SMILES string of the molecule is Cc1ccoc1C(=O)NC[C@@H](c1cccc(Cl)c1)N1CCOCC1. The lowest BCUT2D eigenvalue weighted by molar-refractivity contribution is 0.0161. The molecule has 1 aromatic heterocycles. The lowest BCUT2D eigenvalue weighted by atomic mass is 10.0. The maximum atomic E-state index is 12.3. The van der Waals surface area contributed by atoms with E-state index >= 15 is 0 Å². The lowest BCUT2D eigenvalue weighted by Crippen LogP contribution is -2.43. The molecule has 1 amide bonds. The Morgan fingerprint density at radius 1 is 1.33 bits per heavy atom. The van der Waals surface area contributed by atoms with Crippen molar-refractivity contribution in [1.82, 2.24) is 10.2 Å². The Morgan fingerprint density at radius 3 is 2.79 bits per heavy atom. The second kappa shape index (κ2) is 7.83. The van der Waals surface area contributed by atoms with Crippen LogP contribution in [-0.2, 0) is 4.74 Å². The monoisotopic (exact) mass is 348 g/mol. The number of morpholine rings is 1. The summed E-state index contributed by atoms with van der Waals surface area (Å²) in [6, 6.07) is 9.61. The van der Waals surface area contributed by atoms with Crippen molar-refractivity contribution in [2.75, 3.05) is 32.8 Å². The number of carbonyl (C=O) groups excluding carboxylic acids is 1. The zero-order chi connectivity index (χ0) is 16.9. The normalized spacial score (nSPS) is 16.8. The first-order valence-corrected chi connectivity index (χ1v) is 8.42. The van der Waals surface area contributed by atoms with Crippen LogP contribution in [0.2, 0.25) is 5.02 Å². The van der Waals surface area contributed by atoms with Crippen LogP contribution in [0, 0.1) is 6.92 Å². The topological polar surface area (TPSA) is 54.7 Å². The van der Waals surface area contributed by atoms with Crippen molar-refractivity contribution in [2.24, 2.45) is 0 Å². The van der Waals surface area contributed by atoms with Gasteiger partial charge in [0.05, 0.1) is 25.5 Å². The van der Waals surface area contributed by atoms with Gasteiger partial charge in [-0.15, -0.1) is 0 Å². The zero-order valence-corrected chi connectivity index (χ0v) is 14.4. The number of furan rings is 1. The summed E-state index contributed by atoms with van der Waals surface area (Å²) >= 11 is 6.15. The Hall–Kier alpha value is -1.82. The van der Waals surface area contributed by atoms with Crippen LogP contribution in [0.1, 0.15) is 27.7 Å². The van der Waals surface area contributed by atoms with Crippen LogP contribution in [0.15, 0.2) is 41.0 Å². The largest absolute Gasteiger partial charge is 0.459 e. The van der Waals surface area contributed by atoms with Crippen molar-refractivity contribution in [3.8, 4) is 0 Å². The number of benzene rings is 1. The van der Waals surface area contributed by atoms with Crippen molar-refractivity contribution in [3.63, 3.8) is 0 Å². The number of rotatable bonds is 5. The molecule has 0 unspecified atom stereocenters. The molecule has 1 atom stereocenters. The van der Waals surface area contributed by atoms with E-state index in [1.807, 2.05) is 31.2 Å². The highest BCUT2D eigenvalue weighted by atomic mass is 35.5. The Bertz CT molecular complexity index is 695. The van der Waals surface area contributed by atoms with Gasteiger partial charge in [0.1, 0.15) is 0 Å². The third kappa shape index (κ3) is 3.98. The van der Waals surface area contributed by atoms with E-state index in [9.17, 15) is 4.79 Å². The molecule has 1 aliphatic heterocycles. The van der Waals surface area contributed by atoms with E-state index in [2.05, 4.69) is 10.2 Å². The number of amides is 1. The number of hydrogen-bond acceptors (Lipinski definition) is 4. The van der Waals surface area contributed by atoms with Crippen LogP contribution in [-0.4, -0.2) is 43.7 Å². The predicted molar refractivity (Wildman–Crippen MR) is 92.4 cm³/mol. The van der Waals surface area contributed by atoms with Crippen LogP contribution >= 0.6 is 11.6 Å². The average Bonchev–Trinajstić information content (AvgIpc) is 3.02. The molecule has 24 heavy (non-hydrogen) atoms. The van der Waals surface area contributed by atoms with Crippen molar-refractivity contribution in [3.05, 3.63) is 58.5 Å². The van der Waals surface area contributed by atoms with Crippen molar-refractivity contribution in [2.45, 2.75) is 13.0 Å². The fourth-order valence-electron chi connectivity index (χ4n) is 2.94. The number of hydrogen-bond donors (Lipinski definition) is 1. The molecular formula is C18H21ClN2O3. The van der Waals surface area contributed by atoms with E-state index in [-0.39, 0.29) is 11.9 Å². The fraction of sp³-hybridized carbons (Fsp3) is 0.389. The number of ether oxygens (including phenoxy) is 1. The fourth-order valence-corrected chi connectivity index (χ4v) is 3.13. The molecule has 5 nitrogen and oxygen atoms in total. The Morgan fingerprint density at radius 2 is 2.12 bits per heavy atom. The van der Waals surface area contributed by atoms with Crippen molar-refractivity contribution >= 4 is 17.5 Å². The summed E-state index contributed by atoms with van der Waals surface area (Å²) in [5.74, 6) is 0.166. The van der Waals surface area contributed by atoms with Crippen molar-refractivity contribution in [1.29, 1.82) is 0 Å². The van der Waals surface area contributed by atoms with E-state index in [1.165, 1.54) is 6.26 Å². The minimum absolute atomic E-state index is 0.0480. The molecule has 3 rings (SSSR count). The van der Waals surface area contributed by atoms with E-state index in [0.717, 1.165) is 24.2 Å². The van der Waals surface area contributed by atoms with E-state index in [4.69, 9.17) is 20.8 Å². The van der Waals surface area contributed by atoms with Crippen LogP contribution in [0.3, 0.4) is 0 Å². The molecule has 1 N–H and O–H groups in total. The zero-order valence-electron chi connectivity index (χ0n) is 13.6. The maximum Gasteiger partial charge on any atom is 0.287 e. The summed E-state index contributed by atoms with van der Waals surface area (Å²) in [6.07, 6.45) is 1.53. The highest BCUT2D eigenvalue weighted by Gasteiger charge is 2.24. The molecule has 2 aromatic rings. The molecule has 0 radical (unpaired) electrons. The van der Waals surface area contributed by atoms with Gasteiger partial charge in [0, 0.05) is 30.2 Å². The molecule has 0 spiro atoms. The second-order valence-corrected chi connectivity index (χ2v) is 6.30. The van der Waals surface area contributed by atoms with Crippen molar-refractivity contribution < 1.29 is 13.9 Å². The Balaban J connectivity index is 1.74. The van der Waals surface area contributed by atoms with Crippen LogP contribution in [0.4, 0.5) is 0 Å². The molecule has 0 aliphatic carbocycles. The van der Waals surface area contributed by atoms with Gasteiger partial charge in [0.2, 0.25) is 0 Å². The van der Waals surface area contributed by atoms with Gasteiger partial charge in [0.25, 0.3) is 5.91 Å².